The van der Waals surface area contributed by atoms with Crippen molar-refractivity contribution in [1.82, 2.24) is 0 Å². The van der Waals surface area contributed by atoms with E-state index in [1.807, 2.05) is 6.92 Å². The number of halogens is 1. The molecule has 0 saturated carbocycles. The standard InChI is InChI=1S/C24H25ClO5/c1-4-5-6-7-11-18-15(2)19-13-20(25)22(14-21(19)29-24(18)27)30-23(26)16-9-8-10-17(12-16)28-3/h8-10,12-14H,4-7,11H2,1-3H3. The van der Waals surface area contributed by atoms with Crippen LogP contribution < -0.4 is 15.1 Å². The van der Waals surface area contributed by atoms with E-state index in [4.69, 9.17) is 25.5 Å². The third kappa shape index (κ3) is 4.85. The van der Waals surface area contributed by atoms with E-state index < -0.39 is 5.97 Å². The van der Waals surface area contributed by atoms with Gasteiger partial charge in [0.25, 0.3) is 0 Å². The van der Waals surface area contributed by atoms with E-state index >= 15 is 0 Å². The zero-order valence-corrected chi connectivity index (χ0v) is 18.2. The highest BCUT2D eigenvalue weighted by molar-refractivity contribution is 6.33. The van der Waals surface area contributed by atoms with Crippen molar-refractivity contribution in [3.05, 3.63) is 68.5 Å². The molecule has 0 spiro atoms. The van der Waals surface area contributed by atoms with Crippen molar-refractivity contribution in [2.24, 2.45) is 0 Å². The van der Waals surface area contributed by atoms with Crippen LogP contribution in [-0.4, -0.2) is 13.1 Å². The third-order valence-electron chi connectivity index (χ3n) is 5.13. The van der Waals surface area contributed by atoms with E-state index in [0.29, 0.717) is 28.9 Å². The van der Waals surface area contributed by atoms with Gasteiger partial charge in [-0.2, -0.15) is 0 Å². The summed E-state index contributed by atoms with van der Waals surface area (Å²) in [5.41, 5.74) is 1.84. The van der Waals surface area contributed by atoms with Crippen LogP contribution in [-0.2, 0) is 6.42 Å². The molecule has 3 rings (SSSR count). The topological polar surface area (TPSA) is 65.7 Å². The van der Waals surface area contributed by atoms with Crippen molar-refractivity contribution >= 4 is 28.5 Å². The number of ether oxygens (including phenoxy) is 2. The Morgan fingerprint density at radius 1 is 1.13 bits per heavy atom. The molecular weight excluding hydrogens is 404 g/mol. The fourth-order valence-electron chi connectivity index (χ4n) is 3.39. The highest BCUT2D eigenvalue weighted by Crippen LogP contribution is 2.33. The highest BCUT2D eigenvalue weighted by Gasteiger charge is 2.17. The van der Waals surface area contributed by atoms with Gasteiger partial charge in [-0.15, -0.1) is 0 Å². The fourth-order valence-corrected chi connectivity index (χ4v) is 3.60. The first-order chi connectivity index (χ1) is 14.4. The smallest absolute Gasteiger partial charge is 0.343 e. The molecule has 0 aliphatic carbocycles. The van der Waals surface area contributed by atoms with Crippen LogP contribution in [0.1, 0.15) is 54.1 Å². The van der Waals surface area contributed by atoms with Gasteiger partial charge in [0, 0.05) is 17.0 Å². The summed E-state index contributed by atoms with van der Waals surface area (Å²) >= 11 is 6.38. The number of carbonyl (C=O) groups is 1. The number of benzene rings is 2. The lowest BCUT2D eigenvalue weighted by atomic mass is 10.0. The van der Waals surface area contributed by atoms with E-state index in [1.54, 1.807) is 30.3 Å². The summed E-state index contributed by atoms with van der Waals surface area (Å²) in [5, 5.41) is 1.01. The number of unbranched alkanes of at least 4 members (excludes halogenated alkanes) is 3. The van der Waals surface area contributed by atoms with Gasteiger partial charge in [0.2, 0.25) is 0 Å². The molecule has 0 fully saturated rings. The summed E-state index contributed by atoms with van der Waals surface area (Å²) < 4.78 is 16.1. The Morgan fingerprint density at radius 3 is 2.67 bits per heavy atom. The number of rotatable bonds is 8. The number of carbonyl (C=O) groups excluding carboxylic acids is 1. The Labute approximate surface area is 180 Å². The Morgan fingerprint density at radius 2 is 1.93 bits per heavy atom. The van der Waals surface area contributed by atoms with Gasteiger partial charge in [-0.1, -0.05) is 43.9 Å². The Bertz CT molecular complexity index is 1120. The molecule has 0 amide bonds. The highest BCUT2D eigenvalue weighted by atomic mass is 35.5. The van der Waals surface area contributed by atoms with E-state index in [9.17, 15) is 9.59 Å². The first kappa shape index (κ1) is 21.9. The third-order valence-corrected chi connectivity index (χ3v) is 5.42. The second-order valence-electron chi connectivity index (χ2n) is 7.20. The number of hydrogen-bond donors (Lipinski definition) is 0. The summed E-state index contributed by atoms with van der Waals surface area (Å²) in [6, 6.07) is 9.80. The second-order valence-corrected chi connectivity index (χ2v) is 7.61. The zero-order chi connectivity index (χ0) is 21.7. The quantitative estimate of drug-likeness (QED) is 0.187. The number of methoxy groups -OCH3 is 1. The van der Waals surface area contributed by atoms with Gasteiger partial charge >= 0.3 is 11.6 Å². The molecular formula is C24H25ClO5. The van der Waals surface area contributed by atoms with E-state index in [2.05, 4.69) is 6.92 Å². The Hall–Kier alpha value is -2.79. The molecule has 0 aliphatic heterocycles. The molecule has 6 heteroatoms. The SMILES string of the molecule is CCCCCCc1c(C)c2cc(Cl)c(OC(=O)c3cccc(OC)c3)cc2oc1=O. The molecule has 0 bridgehead atoms. The molecule has 0 atom stereocenters. The van der Waals surface area contributed by atoms with Crippen molar-refractivity contribution in [1.29, 1.82) is 0 Å². The van der Waals surface area contributed by atoms with Crippen molar-refractivity contribution in [3.8, 4) is 11.5 Å². The summed E-state index contributed by atoms with van der Waals surface area (Å²) in [6.45, 7) is 4.04. The second kappa shape index (κ2) is 9.81. The van der Waals surface area contributed by atoms with Gasteiger partial charge in [0.15, 0.2) is 5.75 Å². The van der Waals surface area contributed by atoms with E-state index in [-0.39, 0.29) is 16.4 Å². The number of aryl methyl sites for hydroxylation is 1. The van der Waals surface area contributed by atoms with Gasteiger partial charge in [-0.3, -0.25) is 0 Å². The average molecular weight is 429 g/mol. The lowest BCUT2D eigenvalue weighted by Gasteiger charge is -2.11. The molecule has 1 heterocycles. The number of fused-ring (bicyclic) bond motifs is 1. The number of hydrogen-bond acceptors (Lipinski definition) is 5. The van der Waals surface area contributed by atoms with Crippen molar-refractivity contribution < 1.29 is 18.7 Å². The average Bonchev–Trinajstić information content (AvgIpc) is 2.74. The summed E-state index contributed by atoms with van der Waals surface area (Å²) in [6.07, 6.45) is 4.97. The fraction of sp³-hybridized carbons (Fsp3) is 0.333. The van der Waals surface area contributed by atoms with Crippen LogP contribution in [0.5, 0.6) is 11.5 Å². The maximum atomic E-state index is 12.5. The van der Waals surface area contributed by atoms with Crippen LogP contribution in [0.2, 0.25) is 5.02 Å². The van der Waals surface area contributed by atoms with Gasteiger partial charge in [-0.25, -0.2) is 9.59 Å². The van der Waals surface area contributed by atoms with Gasteiger partial charge in [-0.05, 0) is 49.6 Å². The Balaban J connectivity index is 1.89. The maximum Gasteiger partial charge on any atom is 0.343 e. The molecule has 1 aromatic heterocycles. The molecule has 2 aromatic carbocycles. The predicted molar refractivity (Wildman–Crippen MR) is 118 cm³/mol. The van der Waals surface area contributed by atoms with Crippen LogP contribution in [0, 0.1) is 6.92 Å². The summed E-state index contributed by atoms with van der Waals surface area (Å²) in [7, 11) is 1.52. The molecule has 0 unspecified atom stereocenters. The Kier molecular flexibility index (Phi) is 7.16. The largest absolute Gasteiger partial charge is 0.497 e. The molecule has 0 aliphatic rings. The van der Waals surface area contributed by atoms with Crippen molar-refractivity contribution in [2.45, 2.75) is 46.0 Å². The van der Waals surface area contributed by atoms with Crippen LogP contribution in [0.4, 0.5) is 0 Å². The predicted octanol–water partition coefficient (Wildman–Crippen LogP) is 6.11. The van der Waals surface area contributed by atoms with Crippen molar-refractivity contribution in [2.75, 3.05) is 7.11 Å². The van der Waals surface area contributed by atoms with Gasteiger partial charge in [0.05, 0.1) is 17.7 Å². The van der Waals surface area contributed by atoms with Crippen LogP contribution in [0.15, 0.2) is 45.6 Å². The molecule has 0 radical (unpaired) electrons. The maximum absolute atomic E-state index is 12.5. The first-order valence-electron chi connectivity index (χ1n) is 10.1. The van der Waals surface area contributed by atoms with Gasteiger partial charge in [0.1, 0.15) is 11.3 Å². The molecule has 158 valence electrons. The van der Waals surface area contributed by atoms with Crippen LogP contribution in [0.3, 0.4) is 0 Å². The molecule has 3 aromatic rings. The zero-order valence-electron chi connectivity index (χ0n) is 17.4. The number of esters is 1. The minimum Gasteiger partial charge on any atom is -0.497 e. The van der Waals surface area contributed by atoms with Crippen molar-refractivity contribution in [3.63, 3.8) is 0 Å². The van der Waals surface area contributed by atoms with E-state index in [0.717, 1.165) is 36.6 Å². The van der Waals surface area contributed by atoms with Crippen LogP contribution >= 0.6 is 11.6 Å². The molecule has 0 N–H and O–H groups in total. The lowest BCUT2D eigenvalue weighted by Crippen LogP contribution is -2.11. The molecule has 30 heavy (non-hydrogen) atoms. The first-order valence-corrected chi connectivity index (χ1v) is 10.4. The summed E-state index contributed by atoms with van der Waals surface area (Å²) in [4.78, 5) is 25.0. The lowest BCUT2D eigenvalue weighted by molar-refractivity contribution is 0.0734. The normalized spacial score (nSPS) is 10.9. The monoisotopic (exact) mass is 428 g/mol. The molecule has 0 saturated heterocycles. The minimum atomic E-state index is -0.582. The summed E-state index contributed by atoms with van der Waals surface area (Å²) in [5.74, 6) is 0.0964. The van der Waals surface area contributed by atoms with E-state index in [1.165, 1.54) is 13.2 Å². The minimum absolute atomic E-state index is 0.134. The van der Waals surface area contributed by atoms with Gasteiger partial charge < -0.3 is 13.9 Å². The van der Waals surface area contributed by atoms with Crippen LogP contribution in [0.25, 0.3) is 11.0 Å². The molecule has 5 nitrogen and oxygen atoms in total.